The number of aryl methyl sites for hydroxylation is 2. The summed E-state index contributed by atoms with van der Waals surface area (Å²) in [5.74, 6) is 0. The first-order valence-corrected chi connectivity index (χ1v) is 7.91. The van der Waals surface area contributed by atoms with E-state index in [4.69, 9.17) is 4.74 Å². The van der Waals surface area contributed by atoms with Crippen LogP contribution in [0.1, 0.15) is 19.4 Å². The third kappa shape index (κ3) is 4.39. The zero-order valence-corrected chi connectivity index (χ0v) is 14.8. The van der Waals surface area contributed by atoms with Gasteiger partial charge in [-0.05, 0) is 50.1 Å². The van der Waals surface area contributed by atoms with Crippen LogP contribution in [0.15, 0.2) is 40.2 Å². The monoisotopic (exact) mass is 343 g/mol. The standard InChI is InChI=1S/C18H21N3O4/c1-5-25-11-13(3)19-16-9-14(6-7-17(16)21(23)24)15-8-12(2)18(22)20(4)10-15/h6-10H,5,11H2,1-4H3. The van der Waals surface area contributed by atoms with Crippen LogP contribution < -0.4 is 5.56 Å². The Morgan fingerprint density at radius 1 is 1.32 bits per heavy atom. The first kappa shape index (κ1) is 18.5. The molecule has 1 aromatic carbocycles. The molecule has 0 atom stereocenters. The van der Waals surface area contributed by atoms with Crippen molar-refractivity contribution in [3.63, 3.8) is 0 Å². The van der Waals surface area contributed by atoms with Crippen LogP contribution in [0.3, 0.4) is 0 Å². The molecule has 0 N–H and O–H groups in total. The molecule has 0 spiro atoms. The number of hydrogen-bond acceptors (Lipinski definition) is 5. The lowest BCUT2D eigenvalue weighted by molar-refractivity contribution is -0.384. The highest BCUT2D eigenvalue weighted by molar-refractivity contribution is 5.87. The number of benzene rings is 1. The van der Waals surface area contributed by atoms with Gasteiger partial charge in [0.25, 0.3) is 11.2 Å². The van der Waals surface area contributed by atoms with Gasteiger partial charge in [-0.15, -0.1) is 0 Å². The highest BCUT2D eigenvalue weighted by atomic mass is 16.6. The Balaban J connectivity index is 2.54. The lowest BCUT2D eigenvalue weighted by Gasteiger charge is -2.08. The van der Waals surface area contributed by atoms with E-state index < -0.39 is 4.92 Å². The number of nitro benzene ring substituents is 1. The third-order valence-corrected chi connectivity index (χ3v) is 3.69. The average molecular weight is 343 g/mol. The second-order valence-electron chi connectivity index (χ2n) is 5.77. The van der Waals surface area contributed by atoms with Crippen molar-refractivity contribution in [3.05, 3.63) is 56.5 Å². The summed E-state index contributed by atoms with van der Waals surface area (Å²) in [6, 6.07) is 6.52. The van der Waals surface area contributed by atoms with Gasteiger partial charge in [-0.1, -0.05) is 0 Å². The van der Waals surface area contributed by atoms with Gasteiger partial charge in [0.1, 0.15) is 5.69 Å². The Labute approximate surface area is 145 Å². The van der Waals surface area contributed by atoms with Crippen LogP contribution in [0.25, 0.3) is 11.1 Å². The van der Waals surface area contributed by atoms with Gasteiger partial charge in [0.2, 0.25) is 0 Å². The number of nitrogens with zero attached hydrogens (tertiary/aromatic N) is 3. The number of aliphatic imine (C=N–C) groups is 1. The van der Waals surface area contributed by atoms with Gasteiger partial charge in [-0.25, -0.2) is 4.99 Å². The highest BCUT2D eigenvalue weighted by Crippen LogP contribution is 2.32. The van der Waals surface area contributed by atoms with E-state index in [-0.39, 0.29) is 16.9 Å². The minimum Gasteiger partial charge on any atom is -0.376 e. The molecule has 132 valence electrons. The van der Waals surface area contributed by atoms with Crippen LogP contribution in [-0.2, 0) is 11.8 Å². The van der Waals surface area contributed by atoms with Crippen LogP contribution in [-0.4, -0.2) is 28.4 Å². The molecule has 0 amide bonds. The molecule has 0 fully saturated rings. The van der Waals surface area contributed by atoms with Crippen molar-refractivity contribution in [2.75, 3.05) is 13.2 Å². The Hall–Kier alpha value is -2.80. The fourth-order valence-electron chi connectivity index (χ4n) is 2.47. The maximum Gasteiger partial charge on any atom is 0.294 e. The van der Waals surface area contributed by atoms with Crippen molar-refractivity contribution in [1.82, 2.24) is 4.57 Å². The number of hydrogen-bond donors (Lipinski definition) is 0. The van der Waals surface area contributed by atoms with E-state index in [1.807, 2.05) is 6.92 Å². The minimum absolute atomic E-state index is 0.0684. The number of ether oxygens (including phenoxy) is 1. The maximum atomic E-state index is 11.8. The van der Waals surface area contributed by atoms with E-state index >= 15 is 0 Å². The van der Waals surface area contributed by atoms with Gasteiger partial charge in [-0.2, -0.15) is 0 Å². The van der Waals surface area contributed by atoms with Gasteiger partial charge in [0.15, 0.2) is 0 Å². The topological polar surface area (TPSA) is 86.7 Å². The first-order valence-electron chi connectivity index (χ1n) is 7.91. The fraction of sp³-hybridized carbons (Fsp3) is 0.333. The molecule has 2 aromatic rings. The van der Waals surface area contributed by atoms with E-state index in [0.29, 0.717) is 24.5 Å². The molecule has 0 aliphatic rings. The van der Waals surface area contributed by atoms with Crippen molar-refractivity contribution >= 4 is 17.1 Å². The quantitative estimate of drug-likeness (QED) is 0.457. The smallest absolute Gasteiger partial charge is 0.294 e. The molecule has 2 rings (SSSR count). The molecular weight excluding hydrogens is 322 g/mol. The van der Waals surface area contributed by atoms with Crippen LogP contribution in [0.2, 0.25) is 0 Å². The summed E-state index contributed by atoms with van der Waals surface area (Å²) in [7, 11) is 1.68. The lowest BCUT2D eigenvalue weighted by atomic mass is 10.0. The van der Waals surface area contributed by atoms with Crippen LogP contribution in [0, 0.1) is 17.0 Å². The van der Waals surface area contributed by atoms with Crippen molar-refractivity contribution in [1.29, 1.82) is 0 Å². The molecule has 0 aliphatic heterocycles. The van der Waals surface area contributed by atoms with Crippen molar-refractivity contribution in [2.24, 2.45) is 12.0 Å². The van der Waals surface area contributed by atoms with Crippen LogP contribution >= 0.6 is 0 Å². The molecule has 7 heteroatoms. The zero-order valence-electron chi connectivity index (χ0n) is 14.8. The van der Waals surface area contributed by atoms with Crippen LogP contribution in [0.4, 0.5) is 11.4 Å². The Morgan fingerprint density at radius 2 is 2.04 bits per heavy atom. The minimum atomic E-state index is -0.456. The predicted octanol–water partition coefficient (Wildman–Crippen LogP) is 3.40. The SMILES string of the molecule is CCOCC(C)=Nc1cc(-c2cc(C)c(=O)n(C)c2)ccc1[N+](=O)[O-]. The largest absolute Gasteiger partial charge is 0.376 e. The average Bonchev–Trinajstić information content (AvgIpc) is 2.57. The molecule has 25 heavy (non-hydrogen) atoms. The Bertz CT molecular complexity index is 858. The van der Waals surface area contributed by atoms with Gasteiger partial charge in [0, 0.05) is 37.2 Å². The normalized spacial score (nSPS) is 11.6. The third-order valence-electron chi connectivity index (χ3n) is 3.69. The van der Waals surface area contributed by atoms with Gasteiger partial charge >= 0.3 is 0 Å². The first-order chi connectivity index (χ1) is 11.8. The van der Waals surface area contributed by atoms with E-state index in [1.165, 1.54) is 10.6 Å². The van der Waals surface area contributed by atoms with Crippen LogP contribution in [0.5, 0.6) is 0 Å². The molecular formula is C18H21N3O4. The van der Waals surface area contributed by atoms with Gasteiger partial charge < -0.3 is 9.30 Å². The molecule has 1 heterocycles. The second kappa shape index (κ2) is 7.85. The maximum absolute atomic E-state index is 11.8. The summed E-state index contributed by atoms with van der Waals surface area (Å²) < 4.78 is 6.78. The highest BCUT2D eigenvalue weighted by Gasteiger charge is 2.15. The molecule has 7 nitrogen and oxygen atoms in total. The summed E-state index contributed by atoms with van der Waals surface area (Å²) in [6.45, 7) is 6.24. The van der Waals surface area contributed by atoms with E-state index in [1.54, 1.807) is 45.3 Å². The number of rotatable bonds is 6. The summed E-state index contributed by atoms with van der Waals surface area (Å²) in [4.78, 5) is 27.0. The molecule has 1 aromatic heterocycles. The van der Waals surface area contributed by atoms with E-state index in [0.717, 1.165) is 11.1 Å². The van der Waals surface area contributed by atoms with Gasteiger partial charge in [0.05, 0.1) is 11.5 Å². The molecule has 0 saturated carbocycles. The van der Waals surface area contributed by atoms with Crippen molar-refractivity contribution in [2.45, 2.75) is 20.8 Å². The predicted molar refractivity (Wildman–Crippen MR) is 97.8 cm³/mol. The fourth-order valence-corrected chi connectivity index (χ4v) is 2.47. The molecule has 0 aliphatic carbocycles. The van der Waals surface area contributed by atoms with Gasteiger partial charge in [-0.3, -0.25) is 14.9 Å². The Kier molecular flexibility index (Phi) is 5.82. The van der Waals surface area contributed by atoms with E-state index in [2.05, 4.69) is 4.99 Å². The molecule has 0 unspecified atom stereocenters. The van der Waals surface area contributed by atoms with Crippen molar-refractivity contribution in [3.8, 4) is 11.1 Å². The second-order valence-corrected chi connectivity index (χ2v) is 5.77. The molecule has 0 bridgehead atoms. The summed E-state index contributed by atoms with van der Waals surface area (Å²) in [6.07, 6.45) is 1.71. The van der Waals surface area contributed by atoms with Crippen molar-refractivity contribution < 1.29 is 9.66 Å². The summed E-state index contributed by atoms with van der Waals surface area (Å²) in [5.41, 5.74) is 2.94. The lowest BCUT2D eigenvalue weighted by Crippen LogP contribution is -2.18. The molecule has 0 saturated heterocycles. The number of pyridine rings is 1. The number of aromatic nitrogens is 1. The summed E-state index contributed by atoms with van der Waals surface area (Å²) in [5, 5.41) is 11.3. The molecule has 0 radical (unpaired) electrons. The summed E-state index contributed by atoms with van der Waals surface area (Å²) >= 11 is 0. The zero-order chi connectivity index (χ0) is 18.6. The Morgan fingerprint density at radius 3 is 2.64 bits per heavy atom. The number of nitro groups is 1. The van der Waals surface area contributed by atoms with E-state index in [9.17, 15) is 14.9 Å².